The summed E-state index contributed by atoms with van der Waals surface area (Å²) < 4.78 is 5.34. The lowest BCUT2D eigenvalue weighted by atomic mass is 10.2. The number of amides is 1. The van der Waals surface area contributed by atoms with Crippen molar-refractivity contribution in [3.8, 4) is 0 Å². The smallest absolute Gasteiger partial charge is 0.226 e. The second-order valence-electron chi connectivity index (χ2n) is 5.06. The number of carbonyl (C=O) groups excluding carboxylic acids is 1. The van der Waals surface area contributed by atoms with Crippen molar-refractivity contribution in [1.82, 2.24) is 10.3 Å². The summed E-state index contributed by atoms with van der Waals surface area (Å²) >= 11 is 0. The summed E-state index contributed by atoms with van der Waals surface area (Å²) in [5.74, 6) is 0.913. The topological polar surface area (TPSA) is 66.5 Å². The number of rotatable bonds is 6. The van der Waals surface area contributed by atoms with Crippen LogP contribution in [-0.2, 0) is 9.53 Å². The second-order valence-corrected chi connectivity index (χ2v) is 5.06. The first kappa shape index (κ1) is 15.7. The monoisotopic (exact) mass is 292 g/mol. The molecule has 0 aromatic carbocycles. The van der Waals surface area contributed by atoms with E-state index in [1.807, 2.05) is 12.1 Å². The van der Waals surface area contributed by atoms with E-state index in [0.29, 0.717) is 13.0 Å². The summed E-state index contributed by atoms with van der Waals surface area (Å²) in [6, 6.07) is 3.93. The number of nitrogens with one attached hydrogen (secondary N) is 2. The molecule has 1 amide bonds. The summed E-state index contributed by atoms with van der Waals surface area (Å²) in [4.78, 5) is 18.5. The van der Waals surface area contributed by atoms with Crippen molar-refractivity contribution in [2.45, 2.75) is 26.3 Å². The molecule has 1 unspecified atom stereocenters. The van der Waals surface area contributed by atoms with Crippen LogP contribution in [0.15, 0.2) is 18.3 Å². The molecule has 6 heteroatoms. The van der Waals surface area contributed by atoms with E-state index in [9.17, 15) is 4.79 Å². The number of morpholine rings is 1. The fourth-order valence-electron chi connectivity index (χ4n) is 2.38. The largest absolute Gasteiger partial charge is 0.378 e. The molecule has 1 atom stereocenters. The highest BCUT2D eigenvalue weighted by Crippen LogP contribution is 2.14. The SMILES string of the molecule is CCN(CC)c1ccc(NC(=O)CC2COCCN2)cn1. The molecule has 0 bridgehead atoms. The minimum absolute atomic E-state index is 0.0182. The Hall–Kier alpha value is -1.66. The predicted molar refractivity (Wildman–Crippen MR) is 83.7 cm³/mol. The molecule has 2 rings (SSSR count). The number of carbonyl (C=O) groups is 1. The van der Waals surface area contributed by atoms with Gasteiger partial charge in [-0.3, -0.25) is 4.79 Å². The molecule has 0 aliphatic carbocycles. The first-order valence-corrected chi connectivity index (χ1v) is 7.55. The summed E-state index contributed by atoms with van der Waals surface area (Å²) in [6.07, 6.45) is 2.12. The summed E-state index contributed by atoms with van der Waals surface area (Å²) in [6.45, 7) is 8.14. The van der Waals surface area contributed by atoms with Gasteiger partial charge in [0.2, 0.25) is 5.91 Å². The van der Waals surface area contributed by atoms with Gasteiger partial charge in [-0.2, -0.15) is 0 Å². The van der Waals surface area contributed by atoms with Crippen LogP contribution >= 0.6 is 0 Å². The van der Waals surface area contributed by atoms with Crippen molar-refractivity contribution in [2.24, 2.45) is 0 Å². The molecule has 2 heterocycles. The van der Waals surface area contributed by atoms with Crippen LogP contribution in [0.4, 0.5) is 11.5 Å². The quantitative estimate of drug-likeness (QED) is 0.826. The number of hydrogen-bond donors (Lipinski definition) is 2. The van der Waals surface area contributed by atoms with Crippen molar-refractivity contribution in [1.29, 1.82) is 0 Å². The van der Waals surface area contributed by atoms with Crippen LogP contribution in [0.3, 0.4) is 0 Å². The van der Waals surface area contributed by atoms with Crippen molar-refractivity contribution in [3.05, 3.63) is 18.3 Å². The third kappa shape index (κ3) is 4.68. The van der Waals surface area contributed by atoms with E-state index < -0.39 is 0 Å². The van der Waals surface area contributed by atoms with E-state index in [4.69, 9.17) is 4.74 Å². The van der Waals surface area contributed by atoms with Crippen molar-refractivity contribution in [2.75, 3.05) is 43.1 Å². The Morgan fingerprint density at radius 3 is 2.86 bits per heavy atom. The van der Waals surface area contributed by atoms with Gasteiger partial charge in [0, 0.05) is 32.1 Å². The number of pyridine rings is 1. The lowest BCUT2D eigenvalue weighted by Crippen LogP contribution is -2.43. The fourth-order valence-corrected chi connectivity index (χ4v) is 2.38. The van der Waals surface area contributed by atoms with Crippen molar-refractivity contribution in [3.63, 3.8) is 0 Å². The molecule has 116 valence electrons. The molecule has 6 nitrogen and oxygen atoms in total. The second kappa shape index (κ2) is 7.95. The van der Waals surface area contributed by atoms with Crippen LogP contribution in [-0.4, -0.2) is 49.8 Å². The minimum Gasteiger partial charge on any atom is -0.378 e. The van der Waals surface area contributed by atoms with Gasteiger partial charge in [0.05, 0.1) is 25.1 Å². The molecule has 1 fully saturated rings. The Balaban J connectivity index is 1.86. The Bertz CT molecular complexity index is 439. The van der Waals surface area contributed by atoms with Crippen LogP contribution in [0.2, 0.25) is 0 Å². The molecule has 1 aliphatic rings. The number of anilines is 2. The van der Waals surface area contributed by atoms with Crippen molar-refractivity contribution >= 4 is 17.4 Å². The molecule has 21 heavy (non-hydrogen) atoms. The Labute approximate surface area is 125 Å². The zero-order chi connectivity index (χ0) is 15.1. The molecular formula is C15H24N4O2. The Kier molecular flexibility index (Phi) is 5.95. The third-order valence-electron chi connectivity index (χ3n) is 3.55. The first-order valence-electron chi connectivity index (χ1n) is 7.55. The summed E-state index contributed by atoms with van der Waals surface area (Å²) in [7, 11) is 0. The van der Waals surface area contributed by atoms with Gasteiger partial charge in [-0.25, -0.2) is 4.98 Å². The van der Waals surface area contributed by atoms with Gasteiger partial charge in [0.25, 0.3) is 0 Å². The van der Waals surface area contributed by atoms with Gasteiger partial charge < -0.3 is 20.3 Å². The van der Waals surface area contributed by atoms with E-state index in [0.717, 1.165) is 37.7 Å². The van der Waals surface area contributed by atoms with Gasteiger partial charge in [-0.15, -0.1) is 0 Å². The molecule has 0 saturated carbocycles. The third-order valence-corrected chi connectivity index (χ3v) is 3.55. The maximum absolute atomic E-state index is 12.0. The molecular weight excluding hydrogens is 268 g/mol. The number of hydrogen-bond acceptors (Lipinski definition) is 5. The number of aromatic nitrogens is 1. The van der Waals surface area contributed by atoms with E-state index in [1.54, 1.807) is 6.20 Å². The van der Waals surface area contributed by atoms with Crippen LogP contribution in [0.25, 0.3) is 0 Å². The summed E-state index contributed by atoms with van der Waals surface area (Å²) in [5, 5.41) is 6.14. The van der Waals surface area contributed by atoms with Crippen LogP contribution < -0.4 is 15.5 Å². The van der Waals surface area contributed by atoms with Gasteiger partial charge >= 0.3 is 0 Å². The molecule has 1 saturated heterocycles. The zero-order valence-corrected chi connectivity index (χ0v) is 12.8. The standard InChI is InChI=1S/C15H24N4O2/c1-3-19(4-2)14-6-5-12(10-17-14)18-15(20)9-13-11-21-8-7-16-13/h5-6,10,13,16H,3-4,7-9,11H2,1-2H3,(H,18,20). The van der Waals surface area contributed by atoms with Crippen LogP contribution in [0.5, 0.6) is 0 Å². The van der Waals surface area contributed by atoms with E-state index in [1.165, 1.54) is 0 Å². The lowest BCUT2D eigenvalue weighted by Gasteiger charge is -2.23. The summed E-state index contributed by atoms with van der Waals surface area (Å²) in [5.41, 5.74) is 0.729. The first-order chi connectivity index (χ1) is 10.2. The number of ether oxygens (including phenoxy) is 1. The Morgan fingerprint density at radius 2 is 2.29 bits per heavy atom. The van der Waals surface area contributed by atoms with Gasteiger partial charge in [-0.05, 0) is 26.0 Å². The van der Waals surface area contributed by atoms with Crippen LogP contribution in [0.1, 0.15) is 20.3 Å². The van der Waals surface area contributed by atoms with Gasteiger partial charge in [-0.1, -0.05) is 0 Å². The van der Waals surface area contributed by atoms with E-state index in [-0.39, 0.29) is 11.9 Å². The molecule has 0 radical (unpaired) electrons. The van der Waals surface area contributed by atoms with Crippen LogP contribution in [0, 0.1) is 0 Å². The minimum atomic E-state index is -0.0182. The normalized spacial score (nSPS) is 18.3. The number of nitrogens with zero attached hydrogens (tertiary/aromatic N) is 2. The fraction of sp³-hybridized carbons (Fsp3) is 0.600. The highest BCUT2D eigenvalue weighted by molar-refractivity contribution is 5.91. The average molecular weight is 292 g/mol. The van der Waals surface area contributed by atoms with Crippen molar-refractivity contribution < 1.29 is 9.53 Å². The highest BCUT2D eigenvalue weighted by Gasteiger charge is 2.17. The maximum atomic E-state index is 12.0. The van der Waals surface area contributed by atoms with Gasteiger partial charge in [0.15, 0.2) is 0 Å². The van der Waals surface area contributed by atoms with E-state index >= 15 is 0 Å². The molecule has 1 aromatic rings. The molecule has 1 aromatic heterocycles. The average Bonchev–Trinajstić information content (AvgIpc) is 2.51. The molecule has 0 spiro atoms. The predicted octanol–water partition coefficient (Wildman–Crippen LogP) is 1.24. The molecule has 1 aliphatic heterocycles. The van der Waals surface area contributed by atoms with Gasteiger partial charge in [0.1, 0.15) is 5.82 Å². The Morgan fingerprint density at radius 1 is 1.48 bits per heavy atom. The lowest BCUT2D eigenvalue weighted by molar-refractivity contribution is -0.117. The van der Waals surface area contributed by atoms with E-state index in [2.05, 4.69) is 34.4 Å². The zero-order valence-electron chi connectivity index (χ0n) is 12.8. The maximum Gasteiger partial charge on any atom is 0.226 e. The molecule has 2 N–H and O–H groups in total. The highest BCUT2D eigenvalue weighted by atomic mass is 16.5.